The number of phenols is 1. The lowest BCUT2D eigenvalue weighted by Crippen LogP contribution is -2.42. The van der Waals surface area contributed by atoms with Gasteiger partial charge in [0, 0.05) is 11.3 Å². The number of Topliss-reactive ketones (excluding diaryl/α,β-unsaturated/α-hetero) is 1. The minimum absolute atomic E-state index is 0.130. The van der Waals surface area contributed by atoms with Crippen molar-refractivity contribution in [3.8, 4) is 5.75 Å². The predicted molar refractivity (Wildman–Crippen MR) is 107 cm³/mol. The highest BCUT2D eigenvalue weighted by Crippen LogP contribution is 2.61. The van der Waals surface area contributed by atoms with E-state index in [1.807, 2.05) is 18.2 Å². The largest absolute Gasteiger partial charge is 0.508 e. The highest BCUT2D eigenvalue weighted by Gasteiger charge is 2.57. The van der Waals surface area contributed by atoms with Crippen LogP contribution in [0.15, 0.2) is 48.5 Å². The zero-order valence-electron chi connectivity index (χ0n) is 16.0. The fourth-order valence-electron chi connectivity index (χ4n) is 6.58. The van der Waals surface area contributed by atoms with E-state index in [1.54, 1.807) is 0 Å². The van der Waals surface area contributed by atoms with Crippen LogP contribution in [0.4, 0.5) is 0 Å². The van der Waals surface area contributed by atoms with Crippen LogP contribution < -0.4 is 0 Å². The van der Waals surface area contributed by atoms with Crippen molar-refractivity contribution < 1.29 is 9.90 Å². The average Bonchev–Trinajstić information content (AvgIpc) is 2.93. The standard InChI is InChI=1S/C25H28O2/c1-25-12-11-21-20-10-8-19(26)14-17(20)7-9-22(21)23(25)15-18(24(25)27)13-16-5-3-2-4-6-16/h2-6,8,10,14,18,21-23,26H,7,9,11-13,15H2,1H3/t18-,21+,22+,23-,25-/m0/s1. The van der Waals surface area contributed by atoms with Crippen LogP contribution in [0.25, 0.3) is 0 Å². The molecule has 3 aliphatic carbocycles. The summed E-state index contributed by atoms with van der Waals surface area (Å²) in [6, 6.07) is 16.4. The Labute approximate surface area is 161 Å². The third-order valence-corrected chi connectivity index (χ3v) is 7.90. The summed E-state index contributed by atoms with van der Waals surface area (Å²) in [6.45, 7) is 2.26. The summed E-state index contributed by atoms with van der Waals surface area (Å²) in [5.74, 6) is 2.78. The van der Waals surface area contributed by atoms with Crippen LogP contribution in [0.2, 0.25) is 0 Å². The summed E-state index contributed by atoms with van der Waals surface area (Å²) in [5.41, 5.74) is 3.92. The Bertz CT molecular complexity index is 871. The maximum Gasteiger partial charge on any atom is 0.142 e. The fraction of sp³-hybridized carbons (Fsp3) is 0.480. The van der Waals surface area contributed by atoms with Crippen LogP contribution in [0.1, 0.15) is 55.2 Å². The molecule has 0 amide bonds. The molecule has 2 aromatic rings. The van der Waals surface area contributed by atoms with Gasteiger partial charge in [-0.2, -0.15) is 0 Å². The van der Waals surface area contributed by atoms with Gasteiger partial charge in [-0.05, 0) is 85.1 Å². The summed E-state index contributed by atoms with van der Waals surface area (Å²) >= 11 is 0. The van der Waals surface area contributed by atoms with Gasteiger partial charge in [0.25, 0.3) is 0 Å². The maximum atomic E-state index is 13.4. The van der Waals surface area contributed by atoms with Crippen LogP contribution >= 0.6 is 0 Å². The maximum absolute atomic E-state index is 13.4. The Balaban J connectivity index is 1.43. The SMILES string of the molecule is C[C@]12CC[C@@H]3c4ccc(O)cc4CC[C@H]3[C@@H]1C[C@H](Cc1ccccc1)C2=O. The smallest absolute Gasteiger partial charge is 0.142 e. The molecule has 3 aliphatic rings. The van der Waals surface area contributed by atoms with Gasteiger partial charge in [0.2, 0.25) is 0 Å². The van der Waals surface area contributed by atoms with Crippen molar-refractivity contribution in [1.82, 2.24) is 0 Å². The van der Waals surface area contributed by atoms with Crippen LogP contribution in [-0.2, 0) is 17.6 Å². The number of phenolic OH excluding ortho intramolecular Hbond substituents is 1. The number of aromatic hydroxyl groups is 1. The van der Waals surface area contributed by atoms with Crippen molar-refractivity contribution >= 4 is 5.78 Å². The highest BCUT2D eigenvalue weighted by molar-refractivity contribution is 5.89. The molecule has 140 valence electrons. The second-order valence-corrected chi connectivity index (χ2v) is 9.24. The van der Waals surface area contributed by atoms with Crippen molar-refractivity contribution in [1.29, 1.82) is 0 Å². The van der Waals surface area contributed by atoms with Crippen molar-refractivity contribution in [3.05, 3.63) is 65.2 Å². The molecular weight excluding hydrogens is 332 g/mol. The zero-order chi connectivity index (χ0) is 18.6. The summed E-state index contributed by atoms with van der Waals surface area (Å²) < 4.78 is 0. The van der Waals surface area contributed by atoms with Gasteiger partial charge in [-0.25, -0.2) is 0 Å². The van der Waals surface area contributed by atoms with Gasteiger partial charge in [-0.1, -0.05) is 43.3 Å². The first-order valence-corrected chi connectivity index (χ1v) is 10.5. The van der Waals surface area contributed by atoms with E-state index in [4.69, 9.17) is 0 Å². The Morgan fingerprint density at radius 2 is 1.93 bits per heavy atom. The summed E-state index contributed by atoms with van der Waals surface area (Å²) in [7, 11) is 0. The summed E-state index contributed by atoms with van der Waals surface area (Å²) in [6.07, 6.45) is 6.27. The van der Waals surface area contributed by atoms with E-state index in [9.17, 15) is 9.90 Å². The molecule has 2 heteroatoms. The lowest BCUT2D eigenvalue weighted by molar-refractivity contribution is -0.131. The Hall–Kier alpha value is -2.09. The van der Waals surface area contributed by atoms with E-state index in [0.717, 1.165) is 38.5 Å². The van der Waals surface area contributed by atoms with Crippen LogP contribution in [-0.4, -0.2) is 10.9 Å². The molecule has 0 aromatic heterocycles. The molecule has 1 N–H and O–H groups in total. The number of benzene rings is 2. The average molecular weight is 360 g/mol. The van der Waals surface area contributed by atoms with Gasteiger partial charge in [0.05, 0.1) is 0 Å². The number of rotatable bonds is 2. The molecule has 0 aliphatic heterocycles. The lowest BCUT2D eigenvalue weighted by atomic mass is 9.55. The van der Waals surface area contributed by atoms with E-state index in [0.29, 0.717) is 29.3 Å². The van der Waals surface area contributed by atoms with Crippen molar-refractivity contribution in [2.75, 3.05) is 0 Å². The quantitative estimate of drug-likeness (QED) is 0.790. The number of ketones is 1. The molecule has 0 saturated heterocycles. The van der Waals surface area contributed by atoms with Gasteiger partial charge in [0.15, 0.2) is 0 Å². The summed E-state index contributed by atoms with van der Waals surface area (Å²) in [4.78, 5) is 13.4. The first kappa shape index (κ1) is 17.0. The van der Waals surface area contributed by atoms with Gasteiger partial charge in [-0.15, -0.1) is 0 Å². The molecule has 2 saturated carbocycles. The Morgan fingerprint density at radius 3 is 2.74 bits per heavy atom. The van der Waals surface area contributed by atoms with Crippen LogP contribution in [0, 0.1) is 23.2 Å². The normalized spacial score (nSPS) is 34.6. The third kappa shape index (κ3) is 2.64. The molecular formula is C25H28O2. The molecule has 5 atom stereocenters. The second kappa shape index (κ2) is 6.22. The predicted octanol–water partition coefficient (Wildman–Crippen LogP) is 5.29. The molecule has 2 fully saturated rings. The van der Waals surface area contributed by atoms with E-state index in [-0.39, 0.29) is 11.3 Å². The molecule has 27 heavy (non-hydrogen) atoms. The number of aryl methyl sites for hydroxylation is 1. The van der Waals surface area contributed by atoms with Gasteiger partial charge < -0.3 is 5.11 Å². The molecule has 5 rings (SSSR count). The number of fused-ring (bicyclic) bond motifs is 5. The zero-order valence-corrected chi connectivity index (χ0v) is 16.0. The van der Waals surface area contributed by atoms with E-state index in [1.165, 1.54) is 16.7 Å². The monoisotopic (exact) mass is 360 g/mol. The number of carbonyl (C=O) groups is 1. The minimum Gasteiger partial charge on any atom is -0.508 e. The lowest BCUT2D eigenvalue weighted by Gasteiger charge is -2.48. The molecule has 0 heterocycles. The molecule has 0 bridgehead atoms. The van der Waals surface area contributed by atoms with Crippen LogP contribution in [0.5, 0.6) is 5.75 Å². The van der Waals surface area contributed by atoms with Gasteiger partial charge >= 0.3 is 0 Å². The minimum atomic E-state index is -0.130. The molecule has 0 unspecified atom stereocenters. The van der Waals surface area contributed by atoms with Crippen LogP contribution in [0.3, 0.4) is 0 Å². The van der Waals surface area contributed by atoms with Crippen molar-refractivity contribution in [3.63, 3.8) is 0 Å². The number of carbonyl (C=O) groups excluding carboxylic acids is 1. The van der Waals surface area contributed by atoms with E-state index >= 15 is 0 Å². The Kier molecular flexibility index (Phi) is 3.93. The molecule has 0 spiro atoms. The van der Waals surface area contributed by atoms with E-state index < -0.39 is 0 Å². The van der Waals surface area contributed by atoms with Crippen molar-refractivity contribution in [2.24, 2.45) is 23.2 Å². The first-order valence-electron chi connectivity index (χ1n) is 10.5. The molecule has 2 nitrogen and oxygen atoms in total. The topological polar surface area (TPSA) is 37.3 Å². The highest BCUT2D eigenvalue weighted by atomic mass is 16.3. The second-order valence-electron chi connectivity index (χ2n) is 9.24. The van der Waals surface area contributed by atoms with Gasteiger partial charge in [-0.3, -0.25) is 4.79 Å². The number of hydrogen-bond acceptors (Lipinski definition) is 2. The number of hydrogen-bond donors (Lipinski definition) is 1. The molecule has 2 aromatic carbocycles. The van der Waals surface area contributed by atoms with Crippen molar-refractivity contribution in [2.45, 2.75) is 51.4 Å². The van der Waals surface area contributed by atoms with E-state index in [2.05, 4.69) is 37.3 Å². The summed E-state index contributed by atoms with van der Waals surface area (Å²) in [5, 5.41) is 9.84. The van der Waals surface area contributed by atoms with Gasteiger partial charge in [0.1, 0.15) is 11.5 Å². The molecule has 0 radical (unpaired) electrons. The Morgan fingerprint density at radius 1 is 1.11 bits per heavy atom. The first-order chi connectivity index (χ1) is 13.1. The fourth-order valence-corrected chi connectivity index (χ4v) is 6.58. The third-order valence-electron chi connectivity index (χ3n) is 7.90.